The molecule has 0 N–H and O–H groups in total. The van der Waals surface area contributed by atoms with Crippen molar-refractivity contribution in [3.63, 3.8) is 0 Å². The SMILES string of the molecule is CC(F)(F)CN1CCN(C(=O)Cc2ccco2)CC1. The summed E-state index contributed by atoms with van der Waals surface area (Å²) < 4.78 is 30.9. The Labute approximate surface area is 111 Å². The lowest BCUT2D eigenvalue weighted by Gasteiger charge is -2.35. The van der Waals surface area contributed by atoms with Gasteiger partial charge < -0.3 is 9.32 Å². The third kappa shape index (κ3) is 4.31. The summed E-state index contributed by atoms with van der Waals surface area (Å²) in [7, 11) is 0. The molecule has 0 spiro atoms. The zero-order valence-corrected chi connectivity index (χ0v) is 10.9. The Balaban J connectivity index is 1.78. The Morgan fingerprint density at radius 2 is 2.05 bits per heavy atom. The number of hydrogen-bond donors (Lipinski definition) is 0. The molecule has 1 fully saturated rings. The van der Waals surface area contributed by atoms with E-state index in [1.165, 1.54) is 6.26 Å². The molecule has 4 nitrogen and oxygen atoms in total. The molecular formula is C13H18F2N2O2. The van der Waals surface area contributed by atoms with Crippen LogP contribution in [0, 0.1) is 0 Å². The molecule has 2 rings (SSSR count). The zero-order chi connectivity index (χ0) is 13.9. The van der Waals surface area contributed by atoms with Gasteiger partial charge in [0.05, 0.1) is 19.2 Å². The number of nitrogens with zero attached hydrogens (tertiary/aromatic N) is 2. The number of carbonyl (C=O) groups is 1. The highest BCUT2D eigenvalue weighted by molar-refractivity contribution is 5.78. The van der Waals surface area contributed by atoms with E-state index in [1.807, 2.05) is 0 Å². The van der Waals surface area contributed by atoms with Crippen LogP contribution in [0.25, 0.3) is 0 Å². The Hall–Kier alpha value is -1.43. The molecule has 2 heterocycles. The van der Waals surface area contributed by atoms with Crippen molar-refractivity contribution < 1.29 is 18.0 Å². The van der Waals surface area contributed by atoms with Crippen LogP contribution in [-0.4, -0.2) is 54.4 Å². The Bertz CT molecular complexity index is 407. The van der Waals surface area contributed by atoms with E-state index in [9.17, 15) is 13.6 Å². The third-order valence-electron chi connectivity index (χ3n) is 3.13. The van der Waals surface area contributed by atoms with E-state index >= 15 is 0 Å². The van der Waals surface area contributed by atoms with Crippen LogP contribution < -0.4 is 0 Å². The predicted molar refractivity (Wildman–Crippen MR) is 66.1 cm³/mol. The van der Waals surface area contributed by atoms with E-state index in [0.717, 1.165) is 6.92 Å². The molecule has 1 amide bonds. The van der Waals surface area contributed by atoms with Gasteiger partial charge in [0.15, 0.2) is 0 Å². The van der Waals surface area contributed by atoms with Gasteiger partial charge in [-0.2, -0.15) is 0 Å². The molecule has 0 aromatic carbocycles. The summed E-state index contributed by atoms with van der Waals surface area (Å²) in [4.78, 5) is 15.3. The lowest BCUT2D eigenvalue weighted by molar-refractivity contribution is -0.133. The molecule has 1 aromatic heterocycles. The Morgan fingerprint density at radius 3 is 2.58 bits per heavy atom. The van der Waals surface area contributed by atoms with Gasteiger partial charge in [0.25, 0.3) is 5.92 Å². The molecular weight excluding hydrogens is 254 g/mol. The van der Waals surface area contributed by atoms with Crippen LogP contribution in [0.1, 0.15) is 12.7 Å². The van der Waals surface area contributed by atoms with Crippen LogP contribution in [0.3, 0.4) is 0 Å². The fraction of sp³-hybridized carbons (Fsp3) is 0.615. The first-order valence-electron chi connectivity index (χ1n) is 6.34. The lowest BCUT2D eigenvalue weighted by atomic mass is 10.2. The summed E-state index contributed by atoms with van der Waals surface area (Å²) in [6.07, 6.45) is 1.76. The van der Waals surface area contributed by atoms with Gasteiger partial charge in [0.1, 0.15) is 5.76 Å². The molecule has 0 aliphatic carbocycles. The molecule has 106 valence electrons. The highest BCUT2D eigenvalue weighted by Gasteiger charge is 2.28. The second kappa shape index (κ2) is 5.69. The summed E-state index contributed by atoms with van der Waals surface area (Å²) in [5.74, 6) is -2.06. The van der Waals surface area contributed by atoms with E-state index in [0.29, 0.717) is 31.9 Å². The molecule has 1 saturated heterocycles. The molecule has 1 aliphatic rings. The second-order valence-electron chi connectivity index (χ2n) is 4.98. The van der Waals surface area contributed by atoms with Crippen molar-refractivity contribution in [3.05, 3.63) is 24.2 Å². The summed E-state index contributed by atoms with van der Waals surface area (Å²) in [6.45, 7) is 2.65. The van der Waals surface area contributed by atoms with Crippen molar-refractivity contribution in [1.82, 2.24) is 9.80 Å². The highest BCUT2D eigenvalue weighted by atomic mass is 19.3. The van der Waals surface area contributed by atoms with Gasteiger partial charge in [-0.3, -0.25) is 9.69 Å². The van der Waals surface area contributed by atoms with Crippen LogP contribution >= 0.6 is 0 Å². The maximum absolute atomic E-state index is 12.9. The van der Waals surface area contributed by atoms with Crippen LogP contribution in [0.4, 0.5) is 8.78 Å². The number of hydrogen-bond acceptors (Lipinski definition) is 3. The minimum absolute atomic E-state index is 0.0159. The van der Waals surface area contributed by atoms with Crippen LogP contribution in [0.2, 0.25) is 0 Å². The molecule has 0 saturated carbocycles. The summed E-state index contributed by atoms with van der Waals surface area (Å²) in [6, 6.07) is 3.50. The molecule has 0 atom stereocenters. The molecule has 19 heavy (non-hydrogen) atoms. The van der Waals surface area contributed by atoms with Gasteiger partial charge in [-0.15, -0.1) is 0 Å². The van der Waals surface area contributed by atoms with Gasteiger partial charge >= 0.3 is 0 Å². The molecule has 1 aliphatic heterocycles. The number of halogens is 2. The minimum atomic E-state index is -2.68. The van der Waals surface area contributed by atoms with Crippen molar-refractivity contribution in [2.24, 2.45) is 0 Å². The predicted octanol–water partition coefficient (Wildman–Crippen LogP) is 1.62. The number of rotatable bonds is 4. The van der Waals surface area contributed by atoms with Crippen LogP contribution in [0.5, 0.6) is 0 Å². The van der Waals surface area contributed by atoms with Crippen LogP contribution in [0.15, 0.2) is 22.8 Å². The van der Waals surface area contributed by atoms with E-state index in [1.54, 1.807) is 21.9 Å². The number of carbonyl (C=O) groups excluding carboxylic acids is 1. The molecule has 0 radical (unpaired) electrons. The van der Waals surface area contributed by atoms with Crippen molar-refractivity contribution >= 4 is 5.91 Å². The fourth-order valence-corrected chi connectivity index (χ4v) is 2.22. The first-order chi connectivity index (χ1) is 8.94. The Morgan fingerprint density at radius 1 is 1.37 bits per heavy atom. The molecule has 1 aromatic rings. The van der Waals surface area contributed by atoms with Gasteiger partial charge in [-0.05, 0) is 12.1 Å². The van der Waals surface area contributed by atoms with Crippen molar-refractivity contribution in [2.45, 2.75) is 19.3 Å². The maximum Gasteiger partial charge on any atom is 0.257 e. The van der Waals surface area contributed by atoms with Gasteiger partial charge in [-0.1, -0.05) is 0 Å². The van der Waals surface area contributed by atoms with Gasteiger partial charge in [-0.25, -0.2) is 8.78 Å². The average Bonchev–Trinajstić information content (AvgIpc) is 2.80. The van der Waals surface area contributed by atoms with Crippen molar-refractivity contribution in [1.29, 1.82) is 0 Å². The largest absolute Gasteiger partial charge is 0.469 e. The summed E-state index contributed by atoms with van der Waals surface area (Å²) in [5, 5.41) is 0. The topological polar surface area (TPSA) is 36.7 Å². The van der Waals surface area contributed by atoms with Crippen molar-refractivity contribution in [2.75, 3.05) is 32.7 Å². The second-order valence-corrected chi connectivity index (χ2v) is 4.98. The quantitative estimate of drug-likeness (QED) is 0.835. The molecule has 0 unspecified atom stereocenters. The Kier molecular flexibility index (Phi) is 4.19. The normalized spacial score (nSPS) is 17.7. The van der Waals surface area contributed by atoms with Gasteiger partial charge in [0, 0.05) is 33.1 Å². The summed E-state index contributed by atoms with van der Waals surface area (Å²) >= 11 is 0. The standard InChI is InChI=1S/C13H18F2N2O2/c1-13(14,15)10-16-4-6-17(7-5-16)12(18)9-11-3-2-8-19-11/h2-3,8H,4-7,9-10H2,1H3. The average molecular weight is 272 g/mol. The number of piperazine rings is 1. The molecule has 0 bridgehead atoms. The monoisotopic (exact) mass is 272 g/mol. The molecule has 6 heteroatoms. The van der Waals surface area contributed by atoms with Crippen molar-refractivity contribution in [3.8, 4) is 0 Å². The third-order valence-corrected chi connectivity index (χ3v) is 3.13. The minimum Gasteiger partial charge on any atom is -0.469 e. The first kappa shape index (κ1) is 14.0. The highest BCUT2D eigenvalue weighted by Crippen LogP contribution is 2.15. The summed E-state index contributed by atoms with van der Waals surface area (Å²) in [5.41, 5.74) is 0. The van der Waals surface area contributed by atoms with Crippen LogP contribution in [-0.2, 0) is 11.2 Å². The number of furan rings is 1. The van der Waals surface area contributed by atoms with E-state index in [4.69, 9.17) is 4.42 Å². The van der Waals surface area contributed by atoms with E-state index in [2.05, 4.69) is 0 Å². The van der Waals surface area contributed by atoms with E-state index < -0.39 is 5.92 Å². The zero-order valence-electron chi connectivity index (χ0n) is 10.9. The van der Waals surface area contributed by atoms with Gasteiger partial charge in [0.2, 0.25) is 5.91 Å². The number of amides is 1. The van der Waals surface area contributed by atoms with E-state index in [-0.39, 0.29) is 18.9 Å². The maximum atomic E-state index is 12.9. The number of alkyl halides is 2. The lowest BCUT2D eigenvalue weighted by Crippen LogP contribution is -2.51. The smallest absolute Gasteiger partial charge is 0.257 e. The fourth-order valence-electron chi connectivity index (χ4n) is 2.22. The first-order valence-corrected chi connectivity index (χ1v) is 6.34.